The first-order valence-electron chi connectivity index (χ1n) is 8.73. The molecule has 0 spiro atoms. The standard InChI is InChI=1S/C20H14Cl2N6O/c1-9-25-15-3-2-11(6-17(15)26-9)28-20(23)13(8-24-28)19(29)18-7-12-14(22)4-10(21)5-16(12)27-18/h2-8,27H,23H2,1H3,(H,25,26). The number of hydrogen-bond donors (Lipinski definition) is 3. The number of aromatic amines is 2. The fraction of sp³-hybridized carbons (Fsp3) is 0.0500. The molecule has 3 aromatic heterocycles. The first-order valence-corrected chi connectivity index (χ1v) is 9.49. The van der Waals surface area contributed by atoms with Crippen molar-refractivity contribution in [2.45, 2.75) is 6.92 Å². The minimum absolute atomic E-state index is 0.244. The summed E-state index contributed by atoms with van der Waals surface area (Å²) < 4.78 is 1.52. The molecule has 3 heterocycles. The Morgan fingerprint density at radius 3 is 2.76 bits per heavy atom. The second-order valence-electron chi connectivity index (χ2n) is 6.74. The molecule has 0 unspecified atom stereocenters. The van der Waals surface area contributed by atoms with Gasteiger partial charge < -0.3 is 15.7 Å². The number of nitrogens with one attached hydrogen (secondary N) is 2. The van der Waals surface area contributed by atoms with Gasteiger partial charge in [-0.2, -0.15) is 5.10 Å². The average molecular weight is 425 g/mol. The van der Waals surface area contributed by atoms with E-state index in [1.54, 1.807) is 18.2 Å². The van der Waals surface area contributed by atoms with E-state index in [0.717, 1.165) is 22.5 Å². The van der Waals surface area contributed by atoms with Crippen molar-refractivity contribution in [3.63, 3.8) is 0 Å². The summed E-state index contributed by atoms with van der Waals surface area (Å²) in [7, 11) is 0. The minimum Gasteiger partial charge on any atom is -0.383 e. The van der Waals surface area contributed by atoms with Crippen LogP contribution in [0.1, 0.15) is 21.9 Å². The number of benzene rings is 2. The number of halogens is 2. The van der Waals surface area contributed by atoms with Crippen molar-refractivity contribution in [2.75, 3.05) is 5.73 Å². The topological polar surface area (TPSA) is 105 Å². The van der Waals surface area contributed by atoms with Gasteiger partial charge in [-0.05, 0) is 43.3 Å². The monoisotopic (exact) mass is 424 g/mol. The number of rotatable bonds is 3. The maximum atomic E-state index is 13.0. The average Bonchev–Trinajstić information content (AvgIpc) is 3.36. The lowest BCUT2D eigenvalue weighted by atomic mass is 10.1. The Kier molecular flexibility index (Phi) is 3.90. The molecule has 144 valence electrons. The van der Waals surface area contributed by atoms with E-state index in [9.17, 15) is 4.79 Å². The van der Waals surface area contributed by atoms with Gasteiger partial charge in [0.05, 0.1) is 39.2 Å². The zero-order chi connectivity index (χ0) is 20.3. The van der Waals surface area contributed by atoms with Gasteiger partial charge in [-0.1, -0.05) is 23.2 Å². The molecular formula is C20H14Cl2N6O. The van der Waals surface area contributed by atoms with Crippen LogP contribution in [0.25, 0.3) is 27.6 Å². The molecule has 0 amide bonds. The second kappa shape index (κ2) is 6.37. The van der Waals surface area contributed by atoms with Gasteiger partial charge >= 0.3 is 0 Å². The van der Waals surface area contributed by atoms with E-state index >= 15 is 0 Å². The lowest BCUT2D eigenvalue weighted by molar-refractivity contribution is 0.103. The predicted octanol–water partition coefficient (Wildman–Crippen LogP) is 4.66. The zero-order valence-electron chi connectivity index (χ0n) is 15.1. The van der Waals surface area contributed by atoms with Crippen molar-refractivity contribution in [1.29, 1.82) is 0 Å². The van der Waals surface area contributed by atoms with Crippen molar-refractivity contribution >= 4 is 56.7 Å². The SMILES string of the molecule is Cc1nc2ccc(-n3ncc(C(=O)c4cc5c(Cl)cc(Cl)cc5[nH]4)c3N)cc2[nH]1. The summed E-state index contributed by atoms with van der Waals surface area (Å²) in [5.74, 6) is 0.781. The molecule has 29 heavy (non-hydrogen) atoms. The molecule has 0 saturated heterocycles. The molecule has 2 aromatic carbocycles. The van der Waals surface area contributed by atoms with Gasteiger partial charge in [0.15, 0.2) is 0 Å². The highest BCUT2D eigenvalue weighted by Gasteiger charge is 2.20. The van der Waals surface area contributed by atoms with E-state index in [2.05, 4.69) is 20.1 Å². The number of H-pyrrole nitrogens is 2. The molecule has 0 fully saturated rings. The third kappa shape index (κ3) is 2.86. The number of aryl methyl sites for hydroxylation is 1. The number of carbonyl (C=O) groups is 1. The zero-order valence-corrected chi connectivity index (χ0v) is 16.6. The van der Waals surface area contributed by atoms with Crippen molar-refractivity contribution in [2.24, 2.45) is 0 Å². The summed E-state index contributed by atoms with van der Waals surface area (Å²) in [5, 5.41) is 5.97. The van der Waals surface area contributed by atoms with Crippen molar-refractivity contribution < 1.29 is 4.79 Å². The number of fused-ring (bicyclic) bond motifs is 2. The van der Waals surface area contributed by atoms with Crippen LogP contribution in [0.3, 0.4) is 0 Å². The number of anilines is 1. The number of imidazole rings is 1. The van der Waals surface area contributed by atoms with Crippen LogP contribution >= 0.6 is 23.2 Å². The van der Waals surface area contributed by atoms with Gasteiger partial charge in [0.25, 0.3) is 0 Å². The van der Waals surface area contributed by atoms with Crippen molar-refractivity contribution in [3.8, 4) is 5.69 Å². The Balaban J connectivity index is 1.56. The van der Waals surface area contributed by atoms with Crippen LogP contribution in [-0.4, -0.2) is 30.5 Å². The summed E-state index contributed by atoms with van der Waals surface area (Å²) in [6, 6.07) is 10.6. The normalized spacial score (nSPS) is 11.6. The maximum Gasteiger partial charge on any atom is 0.214 e. The minimum atomic E-state index is -0.282. The number of carbonyl (C=O) groups excluding carboxylic acids is 1. The quantitative estimate of drug-likeness (QED) is 0.366. The molecule has 0 aliphatic carbocycles. The molecule has 0 aliphatic rings. The van der Waals surface area contributed by atoms with Crippen LogP contribution in [0.2, 0.25) is 10.0 Å². The Labute approximate surface area is 174 Å². The number of hydrogen-bond acceptors (Lipinski definition) is 4. The van der Waals surface area contributed by atoms with Crippen LogP contribution in [0.4, 0.5) is 5.82 Å². The molecule has 0 saturated carbocycles. The highest BCUT2D eigenvalue weighted by atomic mass is 35.5. The molecule has 0 aliphatic heterocycles. The van der Waals surface area contributed by atoms with Gasteiger partial charge in [-0.25, -0.2) is 9.67 Å². The molecule has 5 rings (SSSR count). The summed E-state index contributed by atoms with van der Waals surface area (Å²) in [5.41, 5.74) is 10.0. The Hall–Kier alpha value is -3.29. The summed E-state index contributed by atoms with van der Waals surface area (Å²) >= 11 is 12.3. The summed E-state index contributed by atoms with van der Waals surface area (Å²) in [6.07, 6.45) is 1.46. The van der Waals surface area contributed by atoms with Crippen molar-refractivity contribution in [3.05, 3.63) is 69.7 Å². The van der Waals surface area contributed by atoms with Gasteiger partial charge in [-0.15, -0.1) is 0 Å². The van der Waals surface area contributed by atoms with Crippen LogP contribution in [0.15, 0.2) is 42.6 Å². The number of aromatic nitrogens is 5. The molecule has 5 aromatic rings. The van der Waals surface area contributed by atoms with E-state index < -0.39 is 0 Å². The van der Waals surface area contributed by atoms with E-state index in [0.29, 0.717) is 32.2 Å². The molecular weight excluding hydrogens is 411 g/mol. The lowest BCUT2D eigenvalue weighted by Gasteiger charge is -2.05. The predicted molar refractivity (Wildman–Crippen MR) is 114 cm³/mol. The second-order valence-corrected chi connectivity index (χ2v) is 7.58. The number of ketones is 1. The van der Waals surface area contributed by atoms with Crippen LogP contribution in [0, 0.1) is 6.92 Å². The maximum absolute atomic E-state index is 13.0. The molecule has 7 nitrogen and oxygen atoms in total. The van der Waals surface area contributed by atoms with Crippen LogP contribution in [-0.2, 0) is 0 Å². The van der Waals surface area contributed by atoms with Crippen LogP contribution < -0.4 is 5.73 Å². The Bertz CT molecular complexity index is 1430. The first-order chi connectivity index (χ1) is 13.9. The molecule has 0 bridgehead atoms. The van der Waals surface area contributed by atoms with Crippen molar-refractivity contribution in [1.82, 2.24) is 24.7 Å². The van der Waals surface area contributed by atoms with Gasteiger partial charge in [0.1, 0.15) is 11.6 Å². The van der Waals surface area contributed by atoms with E-state index in [4.69, 9.17) is 28.9 Å². The van der Waals surface area contributed by atoms with E-state index in [1.165, 1.54) is 10.9 Å². The van der Waals surface area contributed by atoms with E-state index in [-0.39, 0.29) is 11.6 Å². The number of nitrogens with two attached hydrogens (primary N) is 1. The fourth-order valence-electron chi connectivity index (χ4n) is 3.42. The molecule has 9 heteroatoms. The van der Waals surface area contributed by atoms with Crippen LogP contribution in [0.5, 0.6) is 0 Å². The van der Waals surface area contributed by atoms with E-state index in [1.807, 2.05) is 25.1 Å². The van der Waals surface area contributed by atoms with Gasteiger partial charge in [0.2, 0.25) is 5.78 Å². The van der Waals surface area contributed by atoms with Gasteiger partial charge in [0, 0.05) is 15.9 Å². The van der Waals surface area contributed by atoms with Gasteiger partial charge in [-0.3, -0.25) is 4.79 Å². The highest BCUT2D eigenvalue weighted by Crippen LogP contribution is 2.30. The first kappa shape index (κ1) is 17.8. The largest absolute Gasteiger partial charge is 0.383 e. The third-order valence-corrected chi connectivity index (χ3v) is 5.31. The number of nitrogens with zero attached hydrogens (tertiary/aromatic N) is 3. The Morgan fingerprint density at radius 2 is 1.93 bits per heavy atom. The summed E-state index contributed by atoms with van der Waals surface area (Å²) in [4.78, 5) is 23.7. The summed E-state index contributed by atoms with van der Waals surface area (Å²) in [6.45, 7) is 1.89. The molecule has 4 N–H and O–H groups in total. The number of nitrogen functional groups attached to an aromatic ring is 1. The molecule has 0 radical (unpaired) electrons. The smallest absolute Gasteiger partial charge is 0.214 e. The highest BCUT2D eigenvalue weighted by molar-refractivity contribution is 6.38. The fourth-order valence-corrected chi connectivity index (χ4v) is 3.97. The molecule has 0 atom stereocenters. The third-order valence-electron chi connectivity index (χ3n) is 4.78. The Morgan fingerprint density at radius 1 is 1.10 bits per heavy atom. The lowest BCUT2D eigenvalue weighted by Crippen LogP contribution is -2.07.